The fourth-order valence-electron chi connectivity index (χ4n) is 2.21. The van der Waals surface area contributed by atoms with E-state index < -0.39 is 11.8 Å². The Morgan fingerprint density at radius 1 is 1.12 bits per heavy atom. The topological polar surface area (TPSA) is 67.4 Å². The summed E-state index contributed by atoms with van der Waals surface area (Å²) in [7, 11) is 1.54. The number of hydrogen-bond donors (Lipinski definition) is 2. The van der Waals surface area contributed by atoms with E-state index in [4.69, 9.17) is 16.3 Å². The molecule has 2 amide bonds. The number of hydrogen-bond acceptors (Lipinski definition) is 4. The molecule has 5 nitrogen and oxygen atoms in total. The van der Waals surface area contributed by atoms with Gasteiger partial charge in [0.1, 0.15) is 6.10 Å². The number of methoxy groups -OCH3 is 1. The summed E-state index contributed by atoms with van der Waals surface area (Å²) in [6.07, 6.45) is -0.348. The predicted molar refractivity (Wildman–Crippen MR) is 101 cm³/mol. The maximum Gasteiger partial charge on any atom is 0.313 e. The van der Waals surface area contributed by atoms with Crippen molar-refractivity contribution < 1.29 is 14.3 Å². The normalized spacial score (nSPS) is 12.0. The molecule has 0 fully saturated rings. The fourth-order valence-corrected chi connectivity index (χ4v) is 3.34. The zero-order valence-corrected chi connectivity index (χ0v) is 15.9. The van der Waals surface area contributed by atoms with E-state index in [1.165, 1.54) is 16.9 Å². The van der Waals surface area contributed by atoms with Gasteiger partial charge in [0.2, 0.25) is 0 Å². The van der Waals surface area contributed by atoms with Crippen molar-refractivity contribution in [1.29, 1.82) is 0 Å². The molecule has 0 spiro atoms. The van der Waals surface area contributed by atoms with Crippen molar-refractivity contribution in [2.75, 3.05) is 19.0 Å². The van der Waals surface area contributed by atoms with Crippen molar-refractivity contribution in [1.82, 2.24) is 5.32 Å². The number of amides is 2. The van der Waals surface area contributed by atoms with Crippen molar-refractivity contribution in [3.8, 4) is 0 Å². The SMILES string of the molecule is COC(CNC(=O)C(=O)Nc1ccc(C(C)C)cc1)c1ccc(Cl)s1. The van der Waals surface area contributed by atoms with Gasteiger partial charge in [-0.15, -0.1) is 11.3 Å². The minimum Gasteiger partial charge on any atom is -0.374 e. The summed E-state index contributed by atoms with van der Waals surface area (Å²) in [6.45, 7) is 4.37. The Bertz CT molecular complexity index is 728. The van der Waals surface area contributed by atoms with Gasteiger partial charge in [-0.25, -0.2) is 0 Å². The molecule has 1 aromatic heterocycles. The summed E-state index contributed by atoms with van der Waals surface area (Å²) in [5.74, 6) is -1.02. The van der Waals surface area contributed by atoms with E-state index >= 15 is 0 Å². The molecular weight excluding hydrogens is 360 g/mol. The number of halogens is 1. The van der Waals surface area contributed by atoms with Crippen LogP contribution in [0.2, 0.25) is 4.34 Å². The molecule has 1 heterocycles. The van der Waals surface area contributed by atoms with Crippen LogP contribution in [0.25, 0.3) is 0 Å². The zero-order valence-electron chi connectivity index (χ0n) is 14.3. The first-order valence-corrected chi connectivity index (χ1v) is 9.07. The van der Waals surface area contributed by atoms with Crippen LogP contribution in [0.15, 0.2) is 36.4 Å². The molecule has 1 aromatic carbocycles. The summed E-state index contributed by atoms with van der Waals surface area (Å²) >= 11 is 7.28. The molecule has 0 saturated heterocycles. The lowest BCUT2D eigenvalue weighted by Crippen LogP contribution is -2.37. The maximum atomic E-state index is 12.0. The summed E-state index contributed by atoms with van der Waals surface area (Å²) in [6, 6.07) is 11.0. The molecule has 7 heteroatoms. The van der Waals surface area contributed by atoms with Gasteiger partial charge in [0.05, 0.1) is 4.34 Å². The van der Waals surface area contributed by atoms with Gasteiger partial charge in [0.15, 0.2) is 0 Å². The van der Waals surface area contributed by atoms with Gasteiger partial charge in [-0.1, -0.05) is 37.6 Å². The van der Waals surface area contributed by atoms with E-state index in [2.05, 4.69) is 24.5 Å². The third kappa shape index (κ3) is 5.56. The molecule has 0 bridgehead atoms. The standard InChI is InChI=1S/C18H21ClN2O3S/c1-11(2)12-4-6-13(7-5-12)21-18(23)17(22)20-10-14(24-3)15-8-9-16(19)25-15/h4-9,11,14H,10H2,1-3H3,(H,20,22)(H,21,23). The summed E-state index contributed by atoms with van der Waals surface area (Å²) in [5.41, 5.74) is 1.75. The summed E-state index contributed by atoms with van der Waals surface area (Å²) in [5, 5.41) is 5.16. The number of anilines is 1. The molecule has 0 saturated carbocycles. The van der Waals surface area contributed by atoms with Crippen LogP contribution in [0.4, 0.5) is 5.69 Å². The van der Waals surface area contributed by atoms with Crippen molar-refractivity contribution in [2.45, 2.75) is 25.9 Å². The number of ether oxygens (including phenoxy) is 1. The summed E-state index contributed by atoms with van der Waals surface area (Å²) < 4.78 is 5.98. The highest BCUT2D eigenvalue weighted by atomic mass is 35.5. The van der Waals surface area contributed by atoms with E-state index in [0.29, 0.717) is 15.9 Å². The second kappa shape index (κ2) is 8.99. The second-order valence-electron chi connectivity index (χ2n) is 5.81. The van der Waals surface area contributed by atoms with Crippen molar-refractivity contribution in [3.63, 3.8) is 0 Å². The average molecular weight is 381 g/mol. The van der Waals surface area contributed by atoms with Crippen molar-refractivity contribution >= 4 is 40.4 Å². The number of benzene rings is 1. The molecule has 1 unspecified atom stereocenters. The average Bonchev–Trinajstić information content (AvgIpc) is 3.02. The van der Waals surface area contributed by atoms with E-state index in [9.17, 15) is 9.59 Å². The van der Waals surface area contributed by atoms with Crippen LogP contribution in [-0.4, -0.2) is 25.5 Å². The summed E-state index contributed by atoms with van der Waals surface area (Å²) in [4.78, 5) is 24.9. The van der Waals surface area contributed by atoms with E-state index in [1.807, 2.05) is 18.2 Å². The third-order valence-electron chi connectivity index (χ3n) is 3.69. The fraction of sp³-hybridized carbons (Fsp3) is 0.333. The lowest BCUT2D eigenvalue weighted by atomic mass is 10.0. The maximum absolute atomic E-state index is 12.0. The number of rotatable bonds is 6. The van der Waals surface area contributed by atoms with Crippen molar-refractivity contribution in [3.05, 3.63) is 51.2 Å². The number of carbonyl (C=O) groups excluding carboxylic acids is 2. The molecular formula is C18H21ClN2O3S. The highest BCUT2D eigenvalue weighted by Gasteiger charge is 2.18. The molecule has 2 rings (SSSR count). The lowest BCUT2D eigenvalue weighted by Gasteiger charge is -2.14. The van der Waals surface area contributed by atoms with Gasteiger partial charge < -0.3 is 15.4 Å². The van der Waals surface area contributed by atoms with Crippen LogP contribution in [0.1, 0.15) is 36.3 Å². The third-order valence-corrected chi connectivity index (χ3v) is 5.01. The van der Waals surface area contributed by atoms with Crippen LogP contribution >= 0.6 is 22.9 Å². The zero-order chi connectivity index (χ0) is 18.4. The molecule has 0 aliphatic carbocycles. The molecule has 2 aromatic rings. The van der Waals surface area contributed by atoms with Crippen LogP contribution in [0.3, 0.4) is 0 Å². The molecule has 0 radical (unpaired) electrons. The molecule has 2 N–H and O–H groups in total. The molecule has 0 aliphatic rings. The van der Waals surface area contributed by atoms with Gasteiger partial charge in [0, 0.05) is 24.2 Å². The molecule has 134 valence electrons. The molecule has 0 aliphatic heterocycles. The monoisotopic (exact) mass is 380 g/mol. The Morgan fingerprint density at radius 3 is 2.32 bits per heavy atom. The second-order valence-corrected chi connectivity index (χ2v) is 7.55. The number of thiophene rings is 1. The highest BCUT2D eigenvalue weighted by Crippen LogP contribution is 2.28. The van der Waals surface area contributed by atoms with Crippen LogP contribution in [-0.2, 0) is 14.3 Å². The van der Waals surface area contributed by atoms with E-state index in [-0.39, 0.29) is 12.6 Å². The number of carbonyl (C=O) groups is 2. The lowest BCUT2D eigenvalue weighted by molar-refractivity contribution is -0.136. The Morgan fingerprint density at radius 2 is 1.80 bits per heavy atom. The number of nitrogens with one attached hydrogen (secondary N) is 2. The first-order valence-electron chi connectivity index (χ1n) is 7.88. The molecule has 1 atom stereocenters. The van der Waals surface area contributed by atoms with E-state index in [1.54, 1.807) is 25.3 Å². The van der Waals surface area contributed by atoms with Gasteiger partial charge in [0.25, 0.3) is 0 Å². The Kier molecular flexibility index (Phi) is 6.99. The van der Waals surface area contributed by atoms with Crippen LogP contribution in [0.5, 0.6) is 0 Å². The van der Waals surface area contributed by atoms with Gasteiger partial charge in [-0.2, -0.15) is 0 Å². The first kappa shape index (κ1) is 19.4. The first-order chi connectivity index (χ1) is 11.9. The Labute approximate surface area is 156 Å². The van der Waals surface area contributed by atoms with Crippen LogP contribution in [0, 0.1) is 0 Å². The minimum absolute atomic E-state index is 0.186. The molecule has 25 heavy (non-hydrogen) atoms. The van der Waals surface area contributed by atoms with Gasteiger partial charge >= 0.3 is 11.8 Å². The minimum atomic E-state index is -0.712. The van der Waals surface area contributed by atoms with Crippen LogP contribution < -0.4 is 10.6 Å². The Balaban J connectivity index is 1.88. The smallest absolute Gasteiger partial charge is 0.313 e. The van der Waals surface area contributed by atoms with Crippen molar-refractivity contribution in [2.24, 2.45) is 0 Å². The largest absolute Gasteiger partial charge is 0.374 e. The van der Waals surface area contributed by atoms with E-state index in [0.717, 1.165) is 4.88 Å². The van der Waals surface area contributed by atoms with Gasteiger partial charge in [-0.3, -0.25) is 9.59 Å². The Hall–Kier alpha value is -1.89. The highest BCUT2D eigenvalue weighted by molar-refractivity contribution is 7.16. The predicted octanol–water partition coefficient (Wildman–Crippen LogP) is 3.97. The quantitative estimate of drug-likeness (QED) is 0.745. The van der Waals surface area contributed by atoms with Gasteiger partial charge in [-0.05, 0) is 35.7 Å².